The molecule has 0 aromatic heterocycles. The zero-order valence-electron chi connectivity index (χ0n) is 21.3. The number of ketones is 1. The highest BCUT2D eigenvalue weighted by Gasteiger charge is 2.62. The Morgan fingerprint density at radius 1 is 1.06 bits per heavy atom. The Balaban J connectivity index is 1.40. The van der Waals surface area contributed by atoms with Gasteiger partial charge in [-0.3, -0.25) is 4.79 Å². The highest BCUT2D eigenvalue weighted by atomic mass is 32.5. The van der Waals surface area contributed by atoms with Crippen molar-refractivity contribution < 1.29 is 28.9 Å². The minimum atomic E-state index is -3.21. The van der Waals surface area contributed by atoms with Crippen LogP contribution in [0.1, 0.15) is 85.0 Å². The second kappa shape index (κ2) is 10.1. The molecule has 8 heteroatoms. The van der Waals surface area contributed by atoms with Gasteiger partial charge in [0, 0.05) is 20.0 Å². The number of hydrogen-bond acceptors (Lipinski definition) is 6. The van der Waals surface area contributed by atoms with E-state index in [1.54, 1.807) is 0 Å². The van der Waals surface area contributed by atoms with E-state index in [0.29, 0.717) is 36.0 Å². The molecular weight excluding hydrogens is 471 g/mol. The minimum Gasteiger partial charge on any atom is -0.393 e. The molecule has 0 bridgehead atoms. The second-order valence-corrected chi connectivity index (χ2v) is 15.3. The maximum atomic E-state index is 12.7. The molecule has 11 atom stereocenters. The minimum absolute atomic E-state index is 0.105. The van der Waals surface area contributed by atoms with E-state index in [9.17, 15) is 19.9 Å². The molecule has 6 nitrogen and oxygen atoms in total. The molecule has 0 spiro atoms. The summed E-state index contributed by atoms with van der Waals surface area (Å²) in [5.41, 5.74) is 0.358. The molecule has 0 saturated heterocycles. The molecule has 4 saturated carbocycles. The van der Waals surface area contributed by atoms with Crippen molar-refractivity contribution in [3.8, 4) is 0 Å². The van der Waals surface area contributed by atoms with E-state index in [4.69, 9.17) is 20.9 Å². The van der Waals surface area contributed by atoms with Crippen LogP contribution in [-0.4, -0.2) is 46.8 Å². The molecule has 4 rings (SSSR count). The zero-order chi connectivity index (χ0) is 24.9. The Morgan fingerprint density at radius 2 is 1.74 bits per heavy atom. The van der Waals surface area contributed by atoms with Gasteiger partial charge in [0.2, 0.25) is 0 Å². The van der Waals surface area contributed by atoms with Crippen LogP contribution in [0.4, 0.5) is 0 Å². The topological polar surface area (TPSA) is 96.2 Å². The summed E-state index contributed by atoms with van der Waals surface area (Å²) in [4.78, 5) is 22.4. The van der Waals surface area contributed by atoms with Gasteiger partial charge in [-0.1, -0.05) is 20.8 Å². The van der Waals surface area contributed by atoms with Crippen LogP contribution in [0.5, 0.6) is 0 Å². The molecule has 196 valence electrons. The summed E-state index contributed by atoms with van der Waals surface area (Å²) in [6, 6.07) is 0. The summed E-state index contributed by atoms with van der Waals surface area (Å²) < 4.78 is 9.96. The van der Waals surface area contributed by atoms with Crippen LogP contribution in [0.2, 0.25) is 0 Å². The fraction of sp³-hybridized carbons (Fsp3) is 0.962. The molecule has 4 aliphatic carbocycles. The van der Waals surface area contributed by atoms with Crippen molar-refractivity contribution in [1.82, 2.24) is 0 Å². The fourth-order valence-corrected chi connectivity index (χ4v) is 9.84. The van der Waals surface area contributed by atoms with Gasteiger partial charge >= 0.3 is 6.72 Å². The standard InChI is InChI=1S/C26H45O6PS/c1-16(13-18(28)9-12-32-33(30,34)31-4)20-5-6-21-19-15-24(29)23-14-17(27)7-10-26(23,3)22(19)8-11-25(20,21)2/h16-17,19-24,27,29H,5-15H2,1-4H3,(H,30,34)/t16-,17-,19?,20?,21?,22?,23?,24+,25-,26-,33?/m1/s1. The highest BCUT2D eigenvalue weighted by Crippen LogP contribution is 2.68. The van der Waals surface area contributed by atoms with E-state index in [0.717, 1.165) is 32.1 Å². The maximum absolute atomic E-state index is 12.7. The van der Waals surface area contributed by atoms with Crippen molar-refractivity contribution in [3.05, 3.63) is 0 Å². The van der Waals surface area contributed by atoms with Crippen molar-refractivity contribution in [2.24, 2.45) is 46.3 Å². The summed E-state index contributed by atoms with van der Waals surface area (Å²) in [6.45, 7) is 3.98. The number of hydrogen-bond donors (Lipinski definition) is 3. The van der Waals surface area contributed by atoms with Crippen LogP contribution in [0, 0.1) is 46.3 Å². The number of aliphatic hydroxyl groups excluding tert-OH is 2. The third kappa shape index (κ3) is 4.97. The lowest BCUT2D eigenvalue weighted by molar-refractivity contribution is -0.172. The van der Waals surface area contributed by atoms with Crippen molar-refractivity contribution in [3.63, 3.8) is 0 Å². The smallest absolute Gasteiger partial charge is 0.324 e. The van der Waals surface area contributed by atoms with Gasteiger partial charge in [0.05, 0.1) is 18.8 Å². The molecule has 0 radical (unpaired) electrons. The van der Waals surface area contributed by atoms with Crippen LogP contribution in [0.25, 0.3) is 0 Å². The Morgan fingerprint density at radius 3 is 2.44 bits per heavy atom. The van der Waals surface area contributed by atoms with E-state index in [-0.39, 0.29) is 47.8 Å². The van der Waals surface area contributed by atoms with Crippen LogP contribution in [0.3, 0.4) is 0 Å². The summed E-state index contributed by atoms with van der Waals surface area (Å²) in [5, 5.41) is 21.5. The third-order valence-electron chi connectivity index (χ3n) is 10.8. The number of Topliss-reactive ketones (excluding diaryl/α,β-unsaturated/α-hetero) is 1. The van der Waals surface area contributed by atoms with Crippen molar-refractivity contribution in [1.29, 1.82) is 0 Å². The zero-order valence-corrected chi connectivity index (χ0v) is 23.0. The van der Waals surface area contributed by atoms with Crippen molar-refractivity contribution in [2.45, 2.75) is 97.2 Å². The Labute approximate surface area is 210 Å². The first kappa shape index (κ1) is 27.2. The van der Waals surface area contributed by atoms with Gasteiger partial charge < -0.3 is 24.2 Å². The monoisotopic (exact) mass is 516 g/mol. The van der Waals surface area contributed by atoms with Gasteiger partial charge in [-0.25, -0.2) is 0 Å². The molecule has 3 N–H and O–H groups in total. The molecule has 0 aromatic rings. The Kier molecular flexibility index (Phi) is 8.08. The summed E-state index contributed by atoms with van der Waals surface area (Å²) in [6.07, 6.45) is 8.51. The fourth-order valence-electron chi connectivity index (χ4n) is 9.18. The second-order valence-electron chi connectivity index (χ2n) is 12.4. The predicted molar refractivity (Wildman–Crippen MR) is 135 cm³/mol. The Bertz CT molecular complexity index is 808. The number of rotatable bonds is 8. The van der Waals surface area contributed by atoms with E-state index < -0.39 is 6.72 Å². The van der Waals surface area contributed by atoms with Crippen LogP contribution in [-0.2, 0) is 25.6 Å². The average molecular weight is 517 g/mol. The van der Waals surface area contributed by atoms with Crippen LogP contribution >= 0.6 is 6.72 Å². The van der Waals surface area contributed by atoms with Gasteiger partial charge in [-0.2, -0.15) is 0 Å². The summed E-state index contributed by atoms with van der Waals surface area (Å²) in [5.74, 6) is 3.00. The van der Waals surface area contributed by atoms with Crippen LogP contribution < -0.4 is 0 Å². The predicted octanol–water partition coefficient (Wildman–Crippen LogP) is 4.84. The molecule has 34 heavy (non-hydrogen) atoms. The highest BCUT2D eigenvalue weighted by molar-refractivity contribution is 8.07. The van der Waals surface area contributed by atoms with E-state index >= 15 is 0 Å². The molecule has 0 aromatic carbocycles. The number of fused-ring (bicyclic) bond motifs is 5. The van der Waals surface area contributed by atoms with Gasteiger partial charge in [-0.05, 0) is 110 Å². The molecule has 4 aliphatic rings. The number of carbonyl (C=O) groups excluding carboxylic acids is 1. The lowest BCUT2D eigenvalue weighted by atomic mass is 9.44. The van der Waals surface area contributed by atoms with Crippen molar-refractivity contribution in [2.75, 3.05) is 13.7 Å². The third-order valence-corrected chi connectivity index (χ3v) is 12.6. The Hall–Kier alpha value is 0.120. The molecular formula is C26H45O6PS. The summed E-state index contributed by atoms with van der Waals surface area (Å²) in [7, 11) is 1.32. The van der Waals surface area contributed by atoms with Gasteiger partial charge in [0.15, 0.2) is 0 Å². The molecule has 4 fully saturated rings. The maximum Gasteiger partial charge on any atom is 0.324 e. The molecule has 0 amide bonds. The number of carbonyl (C=O) groups is 1. The van der Waals surface area contributed by atoms with E-state index in [2.05, 4.69) is 20.8 Å². The van der Waals surface area contributed by atoms with E-state index in [1.165, 1.54) is 26.4 Å². The van der Waals surface area contributed by atoms with E-state index in [1.807, 2.05) is 0 Å². The lowest BCUT2D eigenvalue weighted by Gasteiger charge is -2.62. The first-order valence-corrected chi connectivity index (χ1v) is 15.9. The first-order chi connectivity index (χ1) is 15.9. The SMILES string of the molecule is COP(O)(=S)OCCC(=O)C[C@@H](C)C1CCC2C3C[C@H](O)C4C[C@H](O)CC[C@]4(C)C3CC[C@@]21C. The molecule has 0 aliphatic heterocycles. The average Bonchev–Trinajstić information content (AvgIpc) is 3.12. The summed E-state index contributed by atoms with van der Waals surface area (Å²) >= 11 is 4.84. The lowest BCUT2D eigenvalue weighted by Crippen LogP contribution is -2.58. The quantitative estimate of drug-likeness (QED) is 0.397. The molecule has 0 heterocycles. The molecule has 6 unspecified atom stereocenters. The normalized spacial score (nSPS) is 46.6. The van der Waals surface area contributed by atoms with Crippen LogP contribution in [0.15, 0.2) is 0 Å². The van der Waals surface area contributed by atoms with Crippen molar-refractivity contribution >= 4 is 24.3 Å². The first-order valence-electron chi connectivity index (χ1n) is 13.3. The number of aliphatic hydroxyl groups is 2. The van der Waals surface area contributed by atoms with Gasteiger partial charge in [-0.15, -0.1) is 0 Å². The van der Waals surface area contributed by atoms with Gasteiger partial charge in [0.1, 0.15) is 5.78 Å². The largest absolute Gasteiger partial charge is 0.393 e. The van der Waals surface area contributed by atoms with Gasteiger partial charge in [0.25, 0.3) is 0 Å².